The van der Waals surface area contributed by atoms with Gasteiger partial charge in [-0.25, -0.2) is 4.31 Å². The highest BCUT2D eigenvalue weighted by Crippen LogP contribution is 2.35. The molecule has 12 heavy (non-hydrogen) atoms. The maximum atomic E-state index is 11.9. The van der Waals surface area contributed by atoms with Crippen molar-refractivity contribution in [3.8, 4) is 0 Å². The largest absolute Gasteiger partial charge is 0.401 e. The molecule has 1 heterocycles. The SMILES string of the molecule is O=C1CC(C(F)(F)F)C(=O)N1S. The number of halogens is 3. The molecule has 0 aromatic heterocycles. The van der Waals surface area contributed by atoms with E-state index >= 15 is 0 Å². The predicted octanol–water partition coefficient (Wildman–Crippen LogP) is 0.769. The van der Waals surface area contributed by atoms with E-state index in [2.05, 4.69) is 12.8 Å². The molecule has 1 aliphatic heterocycles. The van der Waals surface area contributed by atoms with Crippen molar-refractivity contribution in [1.82, 2.24) is 4.31 Å². The number of nitrogens with zero attached hydrogens (tertiary/aromatic N) is 1. The predicted molar refractivity (Wildman–Crippen MR) is 35.0 cm³/mol. The number of amides is 2. The third kappa shape index (κ3) is 1.40. The molecule has 3 nitrogen and oxygen atoms in total. The molecule has 0 aromatic rings. The van der Waals surface area contributed by atoms with Gasteiger partial charge in [-0.1, -0.05) is 12.8 Å². The van der Waals surface area contributed by atoms with Crippen LogP contribution in [-0.2, 0) is 9.59 Å². The van der Waals surface area contributed by atoms with Gasteiger partial charge in [-0.15, -0.1) is 0 Å². The molecule has 1 aliphatic rings. The maximum absolute atomic E-state index is 11.9. The lowest BCUT2D eigenvalue weighted by Crippen LogP contribution is -2.30. The first kappa shape index (κ1) is 9.37. The van der Waals surface area contributed by atoms with Crippen molar-refractivity contribution >= 4 is 24.6 Å². The van der Waals surface area contributed by atoms with Crippen LogP contribution >= 0.6 is 12.8 Å². The van der Waals surface area contributed by atoms with Crippen LogP contribution in [0.15, 0.2) is 0 Å². The number of rotatable bonds is 0. The van der Waals surface area contributed by atoms with Crippen molar-refractivity contribution in [3.05, 3.63) is 0 Å². The first-order valence-electron chi connectivity index (χ1n) is 2.96. The Morgan fingerprint density at radius 3 is 2.08 bits per heavy atom. The fourth-order valence-electron chi connectivity index (χ4n) is 0.875. The maximum Gasteiger partial charge on any atom is 0.401 e. The van der Waals surface area contributed by atoms with Gasteiger partial charge in [-0.3, -0.25) is 9.59 Å². The second-order valence-corrected chi connectivity index (χ2v) is 2.74. The van der Waals surface area contributed by atoms with Crippen LogP contribution in [0.1, 0.15) is 6.42 Å². The first-order chi connectivity index (χ1) is 5.34. The van der Waals surface area contributed by atoms with Crippen molar-refractivity contribution in [3.63, 3.8) is 0 Å². The average molecular weight is 199 g/mol. The van der Waals surface area contributed by atoms with E-state index in [1.54, 1.807) is 0 Å². The monoisotopic (exact) mass is 199 g/mol. The summed E-state index contributed by atoms with van der Waals surface area (Å²) in [6, 6.07) is 0. The topological polar surface area (TPSA) is 37.4 Å². The molecule has 0 spiro atoms. The Kier molecular flexibility index (Phi) is 2.07. The van der Waals surface area contributed by atoms with Crippen LogP contribution in [0, 0.1) is 5.92 Å². The molecule has 1 unspecified atom stereocenters. The zero-order valence-electron chi connectivity index (χ0n) is 5.63. The van der Waals surface area contributed by atoms with Gasteiger partial charge < -0.3 is 0 Å². The Labute approximate surface area is 71.1 Å². The molecule has 1 atom stereocenters. The molecular weight excluding hydrogens is 195 g/mol. The Morgan fingerprint density at radius 2 is 1.92 bits per heavy atom. The van der Waals surface area contributed by atoms with Gasteiger partial charge in [0.05, 0.1) is 0 Å². The van der Waals surface area contributed by atoms with Gasteiger partial charge in [0.25, 0.3) is 5.91 Å². The van der Waals surface area contributed by atoms with E-state index in [1.807, 2.05) is 0 Å². The van der Waals surface area contributed by atoms with E-state index in [4.69, 9.17) is 0 Å². The fraction of sp³-hybridized carbons (Fsp3) is 0.600. The summed E-state index contributed by atoms with van der Waals surface area (Å²) in [5.74, 6) is -4.41. The van der Waals surface area contributed by atoms with Gasteiger partial charge in [-0.05, 0) is 0 Å². The molecule has 7 heteroatoms. The minimum absolute atomic E-state index is 0.207. The normalized spacial score (nSPS) is 25.3. The number of hydrogen-bond acceptors (Lipinski definition) is 3. The zero-order chi connectivity index (χ0) is 9.52. The van der Waals surface area contributed by atoms with E-state index in [0.29, 0.717) is 0 Å². The number of carbonyl (C=O) groups is 2. The Balaban J connectivity index is 2.86. The van der Waals surface area contributed by atoms with Crippen LogP contribution in [-0.4, -0.2) is 22.3 Å². The molecule has 0 aliphatic carbocycles. The number of thiol groups is 1. The molecule has 68 valence electrons. The number of carbonyl (C=O) groups excluding carboxylic acids is 2. The van der Waals surface area contributed by atoms with Gasteiger partial charge >= 0.3 is 6.18 Å². The standard InChI is InChI=1S/C5H4F3NO2S/c6-5(7,8)2-1-3(10)9(12)4(2)11/h2,12H,1H2. The van der Waals surface area contributed by atoms with E-state index in [-0.39, 0.29) is 4.31 Å². The summed E-state index contributed by atoms with van der Waals surface area (Å²) in [6.45, 7) is 0. The van der Waals surface area contributed by atoms with Gasteiger partial charge in [0, 0.05) is 6.42 Å². The molecule has 0 saturated carbocycles. The molecule has 0 aromatic carbocycles. The van der Waals surface area contributed by atoms with E-state index in [9.17, 15) is 22.8 Å². The molecule has 2 amide bonds. The lowest BCUT2D eigenvalue weighted by molar-refractivity contribution is -0.179. The van der Waals surface area contributed by atoms with Crippen LogP contribution in [0.2, 0.25) is 0 Å². The number of hydrogen-bond donors (Lipinski definition) is 1. The third-order valence-corrected chi connectivity index (χ3v) is 1.94. The summed E-state index contributed by atoms with van der Waals surface area (Å²) < 4.78 is 36.0. The minimum Gasteiger partial charge on any atom is -0.273 e. The van der Waals surface area contributed by atoms with Crippen LogP contribution < -0.4 is 0 Å². The molecular formula is C5H4F3NO2S. The van der Waals surface area contributed by atoms with Gasteiger partial charge in [0.2, 0.25) is 5.91 Å². The quantitative estimate of drug-likeness (QED) is 0.462. The third-order valence-electron chi connectivity index (χ3n) is 1.52. The van der Waals surface area contributed by atoms with Crippen molar-refractivity contribution in [2.75, 3.05) is 0 Å². The van der Waals surface area contributed by atoms with Crippen LogP contribution in [0.25, 0.3) is 0 Å². The fourth-order valence-corrected chi connectivity index (χ4v) is 1.10. The van der Waals surface area contributed by atoms with E-state index in [0.717, 1.165) is 0 Å². The molecule has 1 rings (SSSR count). The number of imide groups is 1. The summed E-state index contributed by atoms with van der Waals surface area (Å²) in [5, 5.41) is 0. The van der Waals surface area contributed by atoms with Crippen molar-refractivity contribution in [1.29, 1.82) is 0 Å². The van der Waals surface area contributed by atoms with Gasteiger partial charge in [0.1, 0.15) is 5.92 Å². The molecule has 0 radical (unpaired) electrons. The molecule has 1 saturated heterocycles. The number of alkyl halides is 3. The summed E-state index contributed by atoms with van der Waals surface area (Å²) >= 11 is 3.31. The lowest BCUT2D eigenvalue weighted by atomic mass is 10.1. The summed E-state index contributed by atoms with van der Waals surface area (Å²) in [7, 11) is 0. The highest BCUT2D eigenvalue weighted by Gasteiger charge is 2.53. The van der Waals surface area contributed by atoms with Crippen molar-refractivity contribution < 1.29 is 22.8 Å². The summed E-state index contributed by atoms with van der Waals surface area (Å²) in [4.78, 5) is 21.2. The Bertz CT molecular complexity index is 239. The Morgan fingerprint density at radius 1 is 1.42 bits per heavy atom. The Hall–Kier alpha value is -0.720. The second-order valence-electron chi connectivity index (χ2n) is 2.34. The first-order valence-corrected chi connectivity index (χ1v) is 3.36. The molecule has 1 fully saturated rings. The van der Waals surface area contributed by atoms with Crippen molar-refractivity contribution in [2.45, 2.75) is 12.6 Å². The van der Waals surface area contributed by atoms with Gasteiger partial charge in [-0.2, -0.15) is 13.2 Å². The highest BCUT2D eigenvalue weighted by molar-refractivity contribution is 7.79. The smallest absolute Gasteiger partial charge is 0.273 e. The molecule has 0 bridgehead atoms. The van der Waals surface area contributed by atoms with E-state index in [1.165, 1.54) is 0 Å². The van der Waals surface area contributed by atoms with E-state index < -0.39 is 30.3 Å². The van der Waals surface area contributed by atoms with Crippen LogP contribution in [0.4, 0.5) is 13.2 Å². The zero-order valence-corrected chi connectivity index (χ0v) is 6.52. The van der Waals surface area contributed by atoms with Crippen LogP contribution in [0.3, 0.4) is 0 Å². The van der Waals surface area contributed by atoms with Crippen LogP contribution in [0.5, 0.6) is 0 Å². The summed E-state index contributed by atoms with van der Waals surface area (Å²) in [6.07, 6.45) is -5.48. The minimum atomic E-state index is -4.65. The average Bonchev–Trinajstić information content (AvgIpc) is 2.15. The second kappa shape index (κ2) is 2.65. The highest BCUT2D eigenvalue weighted by atomic mass is 32.1. The summed E-state index contributed by atoms with van der Waals surface area (Å²) in [5.41, 5.74) is 0. The molecule has 0 N–H and O–H groups in total. The van der Waals surface area contributed by atoms with Gasteiger partial charge in [0.15, 0.2) is 0 Å². The lowest BCUT2D eigenvalue weighted by Gasteiger charge is -2.10. The van der Waals surface area contributed by atoms with Crippen molar-refractivity contribution in [2.24, 2.45) is 5.92 Å².